The molecule has 1 aliphatic rings. The number of rotatable bonds is 4. The van der Waals surface area contributed by atoms with E-state index in [1.165, 1.54) is 11.1 Å². The second-order valence-corrected chi connectivity index (χ2v) is 8.44. The highest BCUT2D eigenvalue weighted by Gasteiger charge is 2.10. The van der Waals surface area contributed by atoms with E-state index in [1.54, 1.807) is 16.9 Å². The molecule has 0 aliphatic heterocycles. The molecule has 0 atom stereocenters. The Bertz CT molecular complexity index is 1520. The zero-order chi connectivity index (χ0) is 25.5. The molecule has 0 unspecified atom stereocenters. The Morgan fingerprint density at radius 2 is 1.89 bits per heavy atom. The number of nitrogens with zero attached hydrogens (tertiary/aromatic N) is 3. The minimum absolute atomic E-state index is 0.764. The second-order valence-electron chi connectivity index (χ2n) is 8.44. The summed E-state index contributed by atoms with van der Waals surface area (Å²) in [6, 6.07) is 16.5. The fourth-order valence-electron chi connectivity index (χ4n) is 4.25. The summed E-state index contributed by atoms with van der Waals surface area (Å²) < 4.78 is 1.76. The molecular weight excluding hydrogens is 440 g/mol. The van der Waals surface area contributed by atoms with Crippen molar-refractivity contribution in [1.82, 2.24) is 14.6 Å². The molecule has 0 spiro atoms. The van der Waals surface area contributed by atoms with Crippen LogP contribution in [0, 0.1) is 25.7 Å². The minimum Gasteiger partial charge on any atom is -0.355 e. The average molecular weight is 473 g/mol. The number of hydrogen-bond donors (Lipinski definition) is 1. The normalized spacial score (nSPS) is 12.2. The van der Waals surface area contributed by atoms with Crippen LogP contribution < -0.4 is 5.32 Å². The summed E-state index contributed by atoms with van der Waals surface area (Å²) in [6.07, 6.45) is 12.4. The molecule has 0 amide bonds. The van der Waals surface area contributed by atoms with E-state index in [0.717, 1.165) is 57.8 Å². The van der Waals surface area contributed by atoms with Crippen molar-refractivity contribution < 1.29 is 0 Å². The van der Waals surface area contributed by atoms with Crippen LogP contribution in [-0.4, -0.2) is 14.6 Å². The minimum atomic E-state index is 0.764. The van der Waals surface area contributed by atoms with Crippen molar-refractivity contribution >= 4 is 22.6 Å². The van der Waals surface area contributed by atoms with Gasteiger partial charge in [0.1, 0.15) is 5.69 Å². The molecular formula is C32H32N4. The van der Waals surface area contributed by atoms with Crippen molar-refractivity contribution in [2.75, 3.05) is 5.32 Å². The van der Waals surface area contributed by atoms with Gasteiger partial charge in [0.2, 0.25) is 0 Å². The van der Waals surface area contributed by atoms with E-state index in [2.05, 4.69) is 102 Å². The fourth-order valence-corrected chi connectivity index (χ4v) is 4.25. The summed E-state index contributed by atoms with van der Waals surface area (Å²) in [5.74, 6) is 6.60. The van der Waals surface area contributed by atoms with Crippen molar-refractivity contribution in [2.24, 2.45) is 0 Å². The summed E-state index contributed by atoms with van der Waals surface area (Å²) in [5, 5.41) is 7.85. The Kier molecular flexibility index (Phi) is 7.82. The van der Waals surface area contributed by atoms with Gasteiger partial charge in [-0.25, -0.2) is 9.50 Å². The molecule has 0 bridgehead atoms. The van der Waals surface area contributed by atoms with Gasteiger partial charge in [-0.2, -0.15) is 5.10 Å². The molecule has 2 aromatic carbocycles. The third-order valence-electron chi connectivity index (χ3n) is 6.08. The predicted molar refractivity (Wildman–Crippen MR) is 152 cm³/mol. The average Bonchev–Trinajstić information content (AvgIpc) is 3.33. The zero-order valence-electron chi connectivity index (χ0n) is 21.5. The van der Waals surface area contributed by atoms with E-state index in [9.17, 15) is 0 Å². The first kappa shape index (κ1) is 24.8. The van der Waals surface area contributed by atoms with Gasteiger partial charge >= 0.3 is 0 Å². The van der Waals surface area contributed by atoms with E-state index in [1.807, 2.05) is 26.0 Å². The maximum Gasteiger partial charge on any atom is 0.154 e. The SMILES string of the molecule is C=C(Nc1cccc(C2=CCCC=C2)c1)c1ccc(C)c(C#Cc2cnc3cccnn23)c1C.CC. The number of allylic oxidation sites excluding steroid dienone is 4. The van der Waals surface area contributed by atoms with Gasteiger partial charge in [0.05, 0.1) is 6.20 Å². The molecule has 36 heavy (non-hydrogen) atoms. The quantitative estimate of drug-likeness (QED) is 0.311. The maximum atomic E-state index is 4.37. The molecule has 1 aliphatic carbocycles. The molecule has 2 heterocycles. The molecule has 5 rings (SSSR count). The summed E-state index contributed by atoms with van der Waals surface area (Å²) in [6.45, 7) is 12.5. The molecule has 1 N–H and O–H groups in total. The van der Waals surface area contributed by atoms with Gasteiger partial charge in [-0.3, -0.25) is 0 Å². The highest BCUT2D eigenvalue weighted by Crippen LogP contribution is 2.27. The molecule has 4 heteroatoms. The Morgan fingerprint density at radius 1 is 1.03 bits per heavy atom. The summed E-state index contributed by atoms with van der Waals surface area (Å²) in [5.41, 5.74) is 10.2. The van der Waals surface area contributed by atoms with Gasteiger partial charge in [0, 0.05) is 28.7 Å². The zero-order valence-corrected chi connectivity index (χ0v) is 21.5. The van der Waals surface area contributed by atoms with Crippen LogP contribution in [0.1, 0.15) is 60.2 Å². The van der Waals surface area contributed by atoms with Gasteiger partial charge in [0.15, 0.2) is 5.65 Å². The number of aromatic nitrogens is 3. The lowest BCUT2D eigenvalue weighted by molar-refractivity contribution is 0.923. The molecule has 4 nitrogen and oxygen atoms in total. The number of imidazole rings is 1. The van der Waals surface area contributed by atoms with Crippen LogP contribution in [0.4, 0.5) is 5.69 Å². The topological polar surface area (TPSA) is 42.2 Å². The first-order valence-electron chi connectivity index (χ1n) is 12.4. The predicted octanol–water partition coefficient (Wildman–Crippen LogP) is 7.59. The van der Waals surface area contributed by atoms with Gasteiger partial charge in [-0.1, -0.05) is 68.8 Å². The molecule has 4 aromatic rings. The summed E-state index contributed by atoms with van der Waals surface area (Å²) >= 11 is 0. The van der Waals surface area contributed by atoms with Crippen molar-refractivity contribution in [3.05, 3.63) is 119 Å². The number of benzene rings is 2. The number of anilines is 1. The number of aryl methyl sites for hydroxylation is 1. The standard InChI is InChI=1S/C30H26N4.C2H6/c1-21-14-16-29(22(2)28(21)17-15-27-20-31-30-13-8-18-32-34(27)30)23(3)33-26-12-7-11-25(19-26)24-9-5-4-6-10-24;1-2/h5,7-14,16,18-20,33H,3-4,6H2,1-2H3;1-2H3. The Morgan fingerprint density at radius 3 is 2.69 bits per heavy atom. The molecule has 2 aromatic heterocycles. The highest BCUT2D eigenvalue weighted by atomic mass is 15.2. The van der Waals surface area contributed by atoms with Crippen LogP contribution in [0.5, 0.6) is 0 Å². The second kappa shape index (κ2) is 11.4. The lowest BCUT2D eigenvalue weighted by Gasteiger charge is -2.16. The molecule has 180 valence electrons. The van der Waals surface area contributed by atoms with Crippen molar-refractivity contribution in [1.29, 1.82) is 0 Å². The van der Waals surface area contributed by atoms with E-state index in [4.69, 9.17) is 0 Å². The Hall–Kier alpha value is -4.36. The number of hydrogen-bond acceptors (Lipinski definition) is 3. The number of fused-ring (bicyclic) bond motifs is 1. The summed E-state index contributed by atoms with van der Waals surface area (Å²) in [7, 11) is 0. The van der Waals surface area contributed by atoms with Crippen LogP contribution in [-0.2, 0) is 0 Å². The number of nitrogens with one attached hydrogen (secondary N) is 1. The third kappa shape index (κ3) is 5.31. The van der Waals surface area contributed by atoms with E-state index in [-0.39, 0.29) is 0 Å². The highest BCUT2D eigenvalue weighted by molar-refractivity contribution is 5.81. The molecule has 0 saturated heterocycles. The van der Waals surface area contributed by atoms with Crippen molar-refractivity contribution in [2.45, 2.75) is 40.5 Å². The fraction of sp³-hybridized carbons (Fsp3) is 0.188. The van der Waals surface area contributed by atoms with Crippen LogP contribution in [0.25, 0.3) is 16.9 Å². The van der Waals surface area contributed by atoms with Gasteiger partial charge in [0.25, 0.3) is 0 Å². The lowest BCUT2D eigenvalue weighted by atomic mass is 9.96. The van der Waals surface area contributed by atoms with E-state index in [0.29, 0.717) is 0 Å². The molecule has 0 fully saturated rings. The first-order valence-corrected chi connectivity index (χ1v) is 12.4. The maximum absolute atomic E-state index is 4.37. The Balaban J connectivity index is 0.00000148. The summed E-state index contributed by atoms with van der Waals surface area (Å²) in [4.78, 5) is 4.37. The molecule has 0 saturated carbocycles. The monoisotopic (exact) mass is 472 g/mol. The lowest BCUT2D eigenvalue weighted by Crippen LogP contribution is -2.02. The van der Waals surface area contributed by atoms with Gasteiger partial charge in [-0.05, 0) is 79.1 Å². The van der Waals surface area contributed by atoms with Gasteiger partial charge in [-0.15, -0.1) is 0 Å². The third-order valence-corrected chi connectivity index (χ3v) is 6.08. The van der Waals surface area contributed by atoms with Crippen LogP contribution >= 0.6 is 0 Å². The van der Waals surface area contributed by atoms with E-state index < -0.39 is 0 Å². The largest absolute Gasteiger partial charge is 0.355 e. The van der Waals surface area contributed by atoms with Crippen LogP contribution in [0.15, 0.2) is 85.7 Å². The van der Waals surface area contributed by atoms with Crippen LogP contribution in [0.2, 0.25) is 0 Å². The Labute approximate surface area is 214 Å². The smallest absolute Gasteiger partial charge is 0.154 e. The van der Waals surface area contributed by atoms with Crippen molar-refractivity contribution in [3.8, 4) is 11.8 Å². The van der Waals surface area contributed by atoms with Crippen LogP contribution in [0.3, 0.4) is 0 Å². The molecule has 0 radical (unpaired) electrons. The van der Waals surface area contributed by atoms with E-state index >= 15 is 0 Å². The van der Waals surface area contributed by atoms with Gasteiger partial charge < -0.3 is 5.32 Å². The van der Waals surface area contributed by atoms with Crippen molar-refractivity contribution in [3.63, 3.8) is 0 Å². The first-order chi connectivity index (χ1) is 17.6.